The molecule has 0 fully saturated rings. The molecule has 0 unspecified atom stereocenters. The zero-order valence-corrected chi connectivity index (χ0v) is 14.9. The second-order valence-corrected chi connectivity index (χ2v) is 6.07. The molecule has 2 N–H and O–H groups in total. The van der Waals surface area contributed by atoms with Crippen LogP contribution in [0.4, 0.5) is 11.4 Å². The summed E-state index contributed by atoms with van der Waals surface area (Å²) in [7, 11) is 1.58. The molecule has 132 valence electrons. The molecular weight excluding hydrogens is 342 g/mol. The van der Waals surface area contributed by atoms with Gasteiger partial charge in [-0.1, -0.05) is 24.9 Å². The molecule has 0 radical (unpaired) electrons. The number of hydrogen-bond acceptors (Lipinski definition) is 3. The number of nitrogens with one attached hydrogen (secondary N) is 2. The summed E-state index contributed by atoms with van der Waals surface area (Å²) in [6, 6.07) is 7.65. The number of aromatic nitrogens is 1. The van der Waals surface area contributed by atoms with E-state index in [0.29, 0.717) is 28.4 Å². The van der Waals surface area contributed by atoms with E-state index in [2.05, 4.69) is 10.6 Å². The number of carbonyl (C=O) groups is 2. The van der Waals surface area contributed by atoms with Crippen LogP contribution in [0.1, 0.15) is 36.5 Å². The van der Waals surface area contributed by atoms with Gasteiger partial charge < -0.3 is 15.2 Å². The number of benzene rings is 1. The highest BCUT2D eigenvalue weighted by Gasteiger charge is 2.10. The SMILES string of the molecule is CCCCC(=O)Nc1ccc(NC(=O)c2ccc(=O)n(C)c2)cc1Cl. The normalized spacial score (nSPS) is 10.4. The van der Waals surface area contributed by atoms with Gasteiger partial charge in [0.05, 0.1) is 16.3 Å². The first-order valence-corrected chi connectivity index (χ1v) is 8.36. The summed E-state index contributed by atoms with van der Waals surface area (Å²) < 4.78 is 1.33. The van der Waals surface area contributed by atoms with E-state index in [9.17, 15) is 14.4 Å². The average molecular weight is 362 g/mol. The third-order valence-corrected chi connectivity index (χ3v) is 3.92. The maximum absolute atomic E-state index is 12.2. The lowest BCUT2D eigenvalue weighted by molar-refractivity contribution is -0.116. The van der Waals surface area contributed by atoms with E-state index in [-0.39, 0.29) is 17.4 Å². The maximum atomic E-state index is 12.2. The van der Waals surface area contributed by atoms with Crippen molar-refractivity contribution in [2.75, 3.05) is 10.6 Å². The molecule has 2 aromatic rings. The van der Waals surface area contributed by atoms with Crippen LogP contribution in [0.2, 0.25) is 5.02 Å². The van der Waals surface area contributed by atoms with E-state index >= 15 is 0 Å². The highest BCUT2D eigenvalue weighted by molar-refractivity contribution is 6.34. The number of anilines is 2. The van der Waals surface area contributed by atoms with Gasteiger partial charge in [0.25, 0.3) is 5.91 Å². The molecular formula is C18H20ClN3O3. The Morgan fingerprint density at radius 1 is 1.16 bits per heavy atom. The van der Waals surface area contributed by atoms with Crippen LogP contribution in [0.3, 0.4) is 0 Å². The summed E-state index contributed by atoms with van der Waals surface area (Å²) >= 11 is 6.17. The standard InChI is InChI=1S/C18H20ClN3O3/c1-3-4-5-16(23)21-15-8-7-13(10-14(15)19)20-18(25)12-6-9-17(24)22(2)11-12/h6-11H,3-5H2,1-2H3,(H,20,25)(H,21,23). The molecule has 0 saturated heterocycles. The molecule has 0 atom stereocenters. The molecule has 1 heterocycles. The number of carbonyl (C=O) groups excluding carboxylic acids is 2. The fourth-order valence-corrected chi connectivity index (χ4v) is 2.40. The minimum absolute atomic E-state index is 0.0919. The fourth-order valence-electron chi connectivity index (χ4n) is 2.18. The van der Waals surface area contributed by atoms with Gasteiger partial charge >= 0.3 is 0 Å². The molecule has 2 rings (SSSR count). The maximum Gasteiger partial charge on any atom is 0.257 e. The molecule has 1 aromatic heterocycles. The molecule has 0 bridgehead atoms. The number of amides is 2. The summed E-state index contributed by atoms with van der Waals surface area (Å²) in [5.74, 6) is -0.447. The van der Waals surface area contributed by atoms with Gasteiger partial charge in [-0.3, -0.25) is 14.4 Å². The first-order valence-electron chi connectivity index (χ1n) is 7.98. The number of pyridine rings is 1. The van der Waals surface area contributed by atoms with E-state index in [4.69, 9.17) is 11.6 Å². The molecule has 25 heavy (non-hydrogen) atoms. The summed E-state index contributed by atoms with van der Waals surface area (Å²) in [5.41, 5.74) is 1.16. The number of nitrogens with zero attached hydrogens (tertiary/aromatic N) is 1. The van der Waals surface area contributed by atoms with Crippen LogP contribution in [-0.2, 0) is 11.8 Å². The van der Waals surface area contributed by atoms with Crippen LogP contribution in [0, 0.1) is 0 Å². The molecule has 0 saturated carbocycles. The largest absolute Gasteiger partial charge is 0.325 e. The molecule has 7 heteroatoms. The molecule has 6 nitrogen and oxygen atoms in total. The van der Waals surface area contributed by atoms with Crippen molar-refractivity contribution in [1.82, 2.24) is 4.57 Å². The first-order chi connectivity index (χ1) is 11.9. The number of unbranched alkanes of at least 4 members (excludes halogenated alkanes) is 1. The van der Waals surface area contributed by atoms with Crippen LogP contribution in [0.15, 0.2) is 41.3 Å². The summed E-state index contributed by atoms with van der Waals surface area (Å²) in [6.07, 6.45) is 3.66. The molecule has 0 aliphatic carbocycles. The number of hydrogen-bond donors (Lipinski definition) is 2. The molecule has 0 aliphatic rings. The van der Waals surface area contributed by atoms with Crippen LogP contribution in [-0.4, -0.2) is 16.4 Å². The third-order valence-electron chi connectivity index (χ3n) is 3.61. The number of halogens is 1. The predicted molar refractivity (Wildman–Crippen MR) is 99.2 cm³/mol. The molecule has 1 aromatic carbocycles. The topological polar surface area (TPSA) is 80.2 Å². The summed E-state index contributed by atoms with van der Waals surface area (Å²) in [5, 5.41) is 5.79. The van der Waals surface area contributed by atoms with Gasteiger partial charge in [-0.2, -0.15) is 0 Å². The first kappa shape index (κ1) is 18.7. The summed E-state index contributed by atoms with van der Waals surface area (Å²) in [4.78, 5) is 35.4. The zero-order chi connectivity index (χ0) is 18.4. The Kier molecular flexibility index (Phi) is 6.36. The Balaban J connectivity index is 2.07. The van der Waals surface area contributed by atoms with Crippen molar-refractivity contribution < 1.29 is 9.59 Å². The Labute approximate surface area is 150 Å². The Morgan fingerprint density at radius 2 is 1.92 bits per heavy atom. The lowest BCUT2D eigenvalue weighted by Gasteiger charge is -2.10. The minimum Gasteiger partial charge on any atom is -0.325 e. The molecule has 0 aliphatic heterocycles. The van der Waals surface area contributed by atoms with Gasteiger partial charge in [-0.05, 0) is 30.7 Å². The lowest BCUT2D eigenvalue weighted by Crippen LogP contribution is -2.19. The number of aryl methyl sites for hydroxylation is 1. The predicted octanol–water partition coefficient (Wildman–Crippen LogP) is 3.42. The van der Waals surface area contributed by atoms with Crippen LogP contribution < -0.4 is 16.2 Å². The van der Waals surface area contributed by atoms with Gasteiger partial charge in [-0.15, -0.1) is 0 Å². The summed E-state index contributed by atoms with van der Waals surface area (Å²) in [6.45, 7) is 2.02. The Hall–Kier alpha value is -2.60. The van der Waals surface area contributed by atoms with E-state index in [0.717, 1.165) is 12.8 Å². The minimum atomic E-state index is -0.355. The van der Waals surface area contributed by atoms with Crippen molar-refractivity contribution in [3.8, 4) is 0 Å². The van der Waals surface area contributed by atoms with Crippen molar-refractivity contribution in [2.45, 2.75) is 26.2 Å². The second-order valence-electron chi connectivity index (χ2n) is 5.67. The van der Waals surface area contributed by atoms with Crippen molar-refractivity contribution >= 4 is 34.8 Å². The van der Waals surface area contributed by atoms with E-state index < -0.39 is 0 Å². The van der Waals surface area contributed by atoms with Crippen LogP contribution >= 0.6 is 11.6 Å². The molecule has 2 amide bonds. The lowest BCUT2D eigenvalue weighted by atomic mass is 10.2. The Morgan fingerprint density at radius 3 is 2.56 bits per heavy atom. The highest BCUT2D eigenvalue weighted by atomic mass is 35.5. The zero-order valence-electron chi connectivity index (χ0n) is 14.1. The molecule has 0 spiro atoms. The van der Waals surface area contributed by atoms with E-state index in [1.165, 1.54) is 22.9 Å². The quantitative estimate of drug-likeness (QED) is 0.827. The monoisotopic (exact) mass is 361 g/mol. The second kappa shape index (κ2) is 8.48. The van der Waals surface area contributed by atoms with E-state index in [1.54, 1.807) is 25.2 Å². The van der Waals surface area contributed by atoms with Gasteiger partial charge in [0.15, 0.2) is 0 Å². The van der Waals surface area contributed by atoms with Gasteiger partial charge in [0.1, 0.15) is 0 Å². The number of rotatable bonds is 6. The van der Waals surface area contributed by atoms with Crippen molar-refractivity contribution in [3.05, 3.63) is 57.5 Å². The van der Waals surface area contributed by atoms with Crippen LogP contribution in [0.25, 0.3) is 0 Å². The van der Waals surface area contributed by atoms with Crippen molar-refractivity contribution in [3.63, 3.8) is 0 Å². The average Bonchev–Trinajstić information content (AvgIpc) is 2.57. The smallest absolute Gasteiger partial charge is 0.257 e. The van der Waals surface area contributed by atoms with Gasteiger partial charge in [0.2, 0.25) is 11.5 Å². The van der Waals surface area contributed by atoms with Gasteiger partial charge in [0, 0.05) is 31.4 Å². The highest BCUT2D eigenvalue weighted by Crippen LogP contribution is 2.26. The third kappa shape index (κ3) is 5.19. The van der Waals surface area contributed by atoms with Crippen molar-refractivity contribution in [2.24, 2.45) is 7.05 Å². The van der Waals surface area contributed by atoms with E-state index in [1.807, 2.05) is 6.92 Å². The Bertz CT molecular complexity index is 846. The van der Waals surface area contributed by atoms with Crippen LogP contribution in [0.5, 0.6) is 0 Å². The van der Waals surface area contributed by atoms with Crippen molar-refractivity contribution in [1.29, 1.82) is 0 Å². The van der Waals surface area contributed by atoms with Gasteiger partial charge in [-0.25, -0.2) is 0 Å². The fraction of sp³-hybridized carbons (Fsp3) is 0.278.